The van der Waals surface area contributed by atoms with Crippen LogP contribution in [0.3, 0.4) is 0 Å². The van der Waals surface area contributed by atoms with Crippen molar-refractivity contribution in [2.45, 2.75) is 45.3 Å². The number of aromatic nitrogens is 2. The molecule has 1 heterocycles. The zero-order valence-corrected chi connectivity index (χ0v) is 20.1. The molecule has 0 spiro atoms. The molecule has 0 aliphatic heterocycles. The first kappa shape index (κ1) is 24.2. The first-order valence-corrected chi connectivity index (χ1v) is 11.9. The Morgan fingerprint density at radius 3 is 2.46 bits per heavy atom. The van der Waals surface area contributed by atoms with Crippen molar-refractivity contribution in [2.24, 2.45) is 0 Å². The number of methoxy groups -OCH3 is 1. The number of para-hydroxylation sites is 1. The average Bonchev–Trinajstić information content (AvgIpc) is 2.91. The van der Waals surface area contributed by atoms with Gasteiger partial charge in [0.1, 0.15) is 12.4 Å². The van der Waals surface area contributed by atoms with Crippen LogP contribution in [-0.2, 0) is 17.9 Å². The van der Waals surface area contributed by atoms with Gasteiger partial charge >= 0.3 is 5.97 Å². The summed E-state index contributed by atoms with van der Waals surface area (Å²) in [6.45, 7) is 3.16. The summed E-state index contributed by atoms with van der Waals surface area (Å²) >= 11 is 0. The zero-order valence-electron chi connectivity index (χ0n) is 20.1. The fourth-order valence-electron chi connectivity index (χ4n) is 4.15. The van der Waals surface area contributed by atoms with Crippen LogP contribution in [0.1, 0.15) is 53.6 Å². The van der Waals surface area contributed by atoms with E-state index in [0.717, 1.165) is 36.1 Å². The van der Waals surface area contributed by atoms with Crippen LogP contribution in [0.5, 0.6) is 5.75 Å². The number of hydrogen-bond donors (Lipinski definition) is 0. The second-order valence-electron chi connectivity index (χ2n) is 8.60. The van der Waals surface area contributed by atoms with Gasteiger partial charge in [0.15, 0.2) is 0 Å². The molecule has 0 bridgehead atoms. The van der Waals surface area contributed by atoms with Crippen molar-refractivity contribution < 1.29 is 14.3 Å². The third-order valence-corrected chi connectivity index (χ3v) is 6.19. The van der Waals surface area contributed by atoms with E-state index in [2.05, 4.69) is 24.0 Å². The summed E-state index contributed by atoms with van der Waals surface area (Å²) in [7, 11) is 1.37. The van der Waals surface area contributed by atoms with Crippen LogP contribution in [0.2, 0.25) is 0 Å². The molecule has 0 saturated carbocycles. The molecule has 6 heteroatoms. The largest absolute Gasteiger partial charge is 0.489 e. The van der Waals surface area contributed by atoms with Crippen LogP contribution in [0.25, 0.3) is 10.9 Å². The first-order chi connectivity index (χ1) is 17.1. The Labute approximate surface area is 205 Å². The Morgan fingerprint density at radius 2 is 1.74 bits per heavy atom. The minimum absolute atomic E-state index is 0.00438. The van der Waals surface area contributed by atoms with Crippen LogP contribution in [0.4, 0.5) is 0 Å². The SMILES string of the molecule is CCCCC(Cn1cnc2ccccc2c1=O)c1ccc(OCc2ccc(C(=O)OC)cc2)cc1. The average molecular weight is 471 g/mol. The molecule has 1 aromatic heterocycles. The van der Waals surface area contributed by atoms with E-state index in [0.29, 0.717) is 24.1 Å². The van der Waals surface area contributed by atoms with Crippen molar-refractivity contribution in [1.82, 2.24) is 9.55 Å². The predicted molar refractivity (Wildman–Crippen MR) is 137 cm³/mol. The van der Waals surface area contributed by atoms with E-state index >= 15 is 0 Å². The van der Waals surface area contributed by atoms with Crippen LogP contribution >= 0.6 is 0 Å². The highest BCUT2D eigenvalue weighted by molar-refractivity contribution is 5.89. The molecule has 0 aliphatic rings. The number of fused-ring (bicyclic) bond motifs is 1. The lowest BCUT2D eigenvalue weighted by Gasteiger charge is -2.19. The second kappa shape index (κ2) is 11.5. The van der Waals surface area contributed by atoms with E-state index in [-0.39, 0.29) is 17.4 Å². The van der Waals surface area contributed by atoms with Gasteiger partial charge in [-0.3, -0.25) is 9.36 Å². The summed E-state index contributed by atoms with van der Waals surface area (Å²) in [5.74, 6) is 0.618. The number of carbonyl (C=O) groups excluding carboxylic acids is 1. The van der Waals surface area contributed by atoms with Crippen LogP contribution in [0, 0.1) is 0 Å². The molecule has 1 atom stereocenters. The first-order valence-electron chi connectivity index (χ1n) is 11.9. The Morgan fingerprint density at radius 1 is 1.00 bits per heavy atom. The van der Waals surface area contributed by atoms with Crippen molar-refractivity contribution in [3.63, 3.8) is 0 Å². The molecular weight excluding hydrogens is 440 g/mol. The van der Waals surface area contributed by atoms with Crippen LogP contribution < -0.4 is 10.3 Å². The van der Waals surface area contributed by atoms with Crippen molar-refractivity contribution in [3.05, 3.63) is 106 Å². The summed E-state index contributed by atoms with van der Waals surface area (Å²) in [5, 5.41) is 0.646. The van der Waals surface area contributed by atoms with Gasteiger partial charge in [-0.15, -0.1) is 0 Å². The highest BCUT2D eigenvalue weighted by atomic mass is 16.5. The maximum Gasteiger partial charge on any atom is 0.337 e. The van der Waals surface area contributed by atoms with Crippen LogP contribution in [0.15, 0.2) is 83.9 Å². The van der Waals surface area contributed by atoms with Crippen molar-refractivity contribution >= 4 is 16.9 Å². The molecule has 4 rings (SSSR count). The lowest BCUT2D eigenvalue weighted by Crippen LogP contribution is -2.24. The van der Waals surface area contributed by atoms with Crippen molar-refractivity contribution in [2.75, 3.05) is 7.11 Å². The van der Waals surface area contributed by atoms with Crippen molar-refractivity contribution in [1.29, 1.82) is 0 Å². The predicted octanol–water partition coefficient (Wildman–Crippen LogP) is 5.74. The van der Waals surface area contributed by atoms with Gasteiger partial charge in [0.05, 0.1) is 29.9 Å². The fraction of sp³-hybridized carbons (Fsp3) is 0.276. The molecule has 6 nitrogen and oxygen atoms in total. The van der Waals surface area contributed by atoms with E-state index in [9.17, 15) is 9.59 Å². The molecule has 0 N–H and O–H groups in total. The number of rotatable bonds is 10. The summed E-state index contributed by atoms with van der Waals surface area (Å²) in [4.78, 5) is 29.0. The van der Waals surface area contributed by atoms with Gasteiger partial charge < -0.3 is 9.47 Å². The normalized spacial score (nSPS) is 11.8. The van der Waals surface area contributed by atoms with Gasteiger partial charge in [-0.25, -0.2) is 9.78 Å². The van der Waals surface area contributed by atoms with Crippen molar-refractivity contribution in [3.8, 4) is 5.75 Å². The molecular formula is C29H30N2O4. The van der Waals surface area contributed by atoms with Gasteiger partial charge in [0, 0.05) is 12.5 Å². The second-order valence-corrected chi connectivity index (χ2v) is 8.60. The smallest absolute Gasteiger partial charge is 0.337 e. The fourth-order valence-corrected chi connectivity index (χ4v) is 4.15. The monoisotopic (exact) mass is 470 g/mol. The van der Waals surface area contributed by atoms with Gasteiger partial charge in [0.25, 0.3) is 5.56 Å². The number of benzene rings is 3. The number of carbonyl (C=O) groups is 1. The number of unbranched alkanes of at least 4 members (excludes halogenated alkanes) is 1. The number of hydrogen-bond acceptors (Lipinski definition) is 5. The third kappa shape index (κ3) is 5.96. The minimum Gasteiger partial charge on any atom is -0.489 e. The van der Waals surface area contributed by atoms with E-state index in [1.54, 1.807) is 23.0 Å². The molecule has 180 valence electrons. The Hall–Kier alpha value is -3.93. The third-order valence-electron chi connectivity index (χ3n) is 6.19. The van der Waals surface area contributed by atoms with Gasteiger partial charge in [-0.05, 0) is 53.9 Å². The minimum atomic E-state index is -0.354. The lowest BCUT2D eigenvalue weighted by molar-refractivity contribution is 0.0600. The highest BCUT2D eigenvalue weighted by Gasteiger charge is 2.15. The topological polar surface area (TPSA) is 70.4 Å². The molecule has 0 saturated heterocycles. The summed E-state index contributed by atoms with van der Waals surface area (Å²) in [5.41, 5.74) is 3.37. The maximum atomic E-state index is 13.0. The molecule has 0 amide bonds. The quantitative estimate of drug-likeness (QED) is 0.277. The summed E-state index contributed by atoms with van der Waals surface area (Å²) < 4.78 is 12.4. The number of nitrogens with zero attached hydrogens (tertiary/aromatic N) is 2. The molecule has 0 radical (unpaired) electrons. The molecule has 0 fully saturated rings. The molecule has 3 aromatic carbocycles. The summed E-state index contributed by atoms with van der Waals surface area (Å²) in [6, 6.07) is 22.7. The standard InChI is InChI=1S/C29H30N2O4/c1-3-4-7-24(18-31-20-30-27-9-6-5-8-26(27)28(31)32)22-14-16-25(17-15-22)35-19-21-10-12-23(13-11-21)29(33)34-2/h5-6,8-17,20,24H,3-4,7,18-19H2,1-2H3. The van der Waals surface area contributed by atoms with Gasteiger partial charge in [0.2, 0.25) is 0 Å². The number of ether oxygens (including phenoxy) is 2. The Kier molecular flexibility index (Phi) is 7.93. The maximum absolute atomic E-state index is 13.0. The van der Waals surface area contributed by atoms with Gasteiger partial charge in [-0.2, -0.15) is 0 Å². The molecule has 35 heavy (non-hydrogen) atoms. The van der Waals surface area contributed by atoms with E-state index in [4.69, 9.17) is 9.47 Å². The summed E-state index contributed by atoms with van der Waals surface area (Å²) in [6.07, 6.45) is 4.83. The number of esters is 1. The van der Waals surface area contributed by atoms with E-state index < -0.39 is 0 Å². The van der Waals surface area contributed by atoms with Crippen LogP contribution in [-0.4, -0.2) is 22.6 Å². The van der Waals surface area contributed by atoms with Gasteiger partial charge in [-0.1, -0.05) is 56.2 Å². The Balaban J connectivity index is 1.45. The highest BCUT2D eigenvalue weighted by Crippen LogP contribution is 2.26. The zero-order chi connectivity index (χ0) is 24.6. The molecule has 1 unspecified atom stereocenters. The van der Waals surface area contributed by atoms with E-state index in [1.165, 1.54) is 12.7 Å². The molecule has 4 aromatic rings. The van der Waals surface area contributed by atoms with E-state index in [1.807, 2.05) is 48.5 Å². The molecule has 0 aliphatic carbocycles. The lowest BCUT2D eigenvalue weighted by atomic mass is 9.93. The Bertz CT molecular complexity index is 1330.